The molecule has 5 nitrogen and oxygen atoms in total. The summed E-state index contributed by atoms with van der Waals surface area (Å²) in [7, 11) is -3.43. The Balaban J connectivity index is 2.01. The fraction of sp³-hybridized carbons (Fsp3) is 0.438. The predicted molar refractivity (Wildman–Crippen MR) is 84.7 cm³/mol. The van der Waals surface area contributed by atoms with Gasteiger partial charge in [0.05, 0.1) is 4.90 Å². The zero-order valence-electron chi connectivity index (χ0n) is 13.0. The van der Waals surface area contributed by atoms with Crippen molar-refractivity contribution in [2.75, 3.05) is 0 Å². The molecule has 0 atom stereocenters. The van der Waals surface area contributed by atoms with Gasteiger partial charge in [0.2, 0.25) is 10.0 Å². The van der Waals surface area contributed by atoms with Crippen LogP contribution in [0.4, 0.5) is 0 Å². The molecule has 1 N–H and O–H groups in total. The van der Waals surface area contributed by atoms with Crippen LogP contribution in [0.1, 0.15) is 39.2 Å². The molecule has 0 bridgehead atoms. The lowest BCUT2D eigenvalue weighted by atomic mass is 10.2. The van der Waals surface area contributed by atoms with Crippen LogP contribution in [0, 0.1) is 0 Å². The van der Waals surface area contributed by atoms with E-state index in [0.717, 1.165) is 18.4 Å². The smallest absolute Gasteiger partial charge is 0.331 e. The van der Waals surface area contributed by atoms with Gasteiger partial charge in [-0.3, -0.25) is 0 Å². The van der Waals surface area contributed by atoms with Crippen LogP contribution in [0.15, 0.2) is 35.2 Å². The molecule has 1 aromatic rings. The first-order valence-electron chi connectivity index (χ1n) is 7.19. The number of carbonyl (C=O) groups excluding carboxylic acids is 1. The van der Waals surface area contributed by atoms with Crippen LogP contribution in [0.25, 0.3) is 6.08 Å². The quantitative estimate of drug-likeness (QED) is 0.667. The van der Waals surface area contributed by atoms with Gasteiger partial charge in [0.1, 0.15) is 5.60 Å². The second-order valence-corrected chi connectivity index (χ2v) is 8.05. The van der Waals surface area contributed by atoms with Crippen molar-refractivity contribution in [3.63, 3.8) is 0 Å². The summed E-state index contributed by atoms with van der Waals surface area (Å²) in [5.74, 6) is -0.431. The summed E-state index contributed by atoms with van der Waals surface area (Å²) in [6.45, 7) is 5.39. The third-order valence-electron chi connectivity index (χ3n) is 2.91. The van der Waals surface area contributed by atoms with Crippen molar-refractivity contribution in [2.24, 2.45) is 0 Å². The molecule has 0 radical (unpaired) electrons. The van der Waals surface area contributed by atoms with Gasteiger partial charge in [0, 0.05) is 12.1 Å². The summed E-state index contributed by atoms with van der Waals surface area (Å²) in [5, 5.41) is 0. The molecule has 22 heavy (non-hydrogen) atoms. The highest BCUT2D eigenvalue weighted by Crippen LogP contribution is 2.22. The van der Waals surface area contributed by atoms with E-state index in [1.54, 1.807) is 39.0 Å². The molecule has 1 fully saturated rings. The third-order valence-corrected chi connectivity index (χ3v) is 4.44. The first-order chi connectivity index (χ1) is 10.2. The number of esters is 1. The Morgan fingerprint density at radius 3 is 2.32 bits per heavy atom. The largest absolute Gasteiger partial charge is 0.457 e. The van der Waals surface area contributed by atoms with Crippen molar-refractivity contribution in [3.8, 4) is 0 Å². The topological polar surface area (TPSA) is 72.5 Å². The van der Waals surface area contributed by atoms with E-state index in [4.69, 9.17) is 4.74 Å². The van der Waals surface area contributed by atoms with E-state index in [1.165, 1.54) is 18.2 Å². The predicted octanol–water partition coefficient (Wildman–Crippen LogP) is 2.48. The standard InChI is InChI=1S/C16H21NO4S/c1-16(2,3)21-15(18)11-6-12-4-9-14(10-5-12)22(19,20)17-13-7-8-13/h4-6,9-11,13,17H,7-8H2,1-3H3/b11-6+. The normalized spacial score (nSPS) is 16.0. The van der Waals surface area contributed by atoms with E-state index in [0.29, 0.717) is 0 Å². The van der Waals surface area contributed by atoms with Crippen LogP contribution in [0.3, 0.4) is 0 Å². The summed E-state index contributed by atoms with van der Waals surface area (Å²) < 4.78 is 31.8. The average molecular weight is 323 g/mol. The second kappa shape index (κ2) is 6.22. The Hall–Kier alpha value is -1.66. The van der Waals surface area contributed by atoms with Crippen molar-refractivity contribution in [2.45, 2.75) is 50.2 Å². The Bertz CT molecular complexity index is 665. The van der Waals surface area contributed by atoms with E-state index >= 15 is 0 Å². The number of rotatable bonds is 5. The van der Waals surface area contributed by atoms with Crippen molar-refractivity contribution < 1.29 is 17.9 Å². The number of ether oxygens (including phenoxy) is 1. The highest BCUT2D eigenvalue weighted by molar-refractivity contribution is 7.89. The zero-order valence-corrected chi connectivity index (χ0v) is 13.8. The van der Waals surface area contributed by atoms with Gasteiger partial charge in [0.25, 0.3) is 0 Å². The Kier molecular flexibility index (Phi) is 4.72. The molecule has 0 aromatic heterocycles. The molecule has 0 saturated heterocycles. The van der Waals surface area contributed by atoms with Crippen molar-refractivity contribution >= 4 is 22.1 Å². The van der Waals surface area contributed by atoms with E-state index in [9.17, 15) is 13.2 Å². The number of nitrogens with one attached hydrogen (secondary N) is 1. The van der Waals surface area contributed by atoms with Gasteiger partial charge in [0.15, 0.2) is 0 Å². The maximum absolute atomic E-state index is 12.0. The molecule has 0 amide bonds. The number of carbonyl (C=O) groups is 1. The maximum Gasteiger partial charge on any atom is 0.331 e. The van der Waals surface area contributed by atoms with E-state index in [-0.39, 0.29) is 10.9 Å². The molecule has 2 rings (SSSR count). The van der Waals surface area contributed by atoms with Crippen LogP contribution in [0.2, 0.25) is 0 Å². The highest BCUT2D eigenvalue weighted by atomic mass is 32.2. The minimum Gasteiger partial charge on any atom is -0.457 e. The summed E-state index contributed by atoms with van der Waals surface area (Å²) in [6.07, 6.45) is 4.72. The lowest BCUT2D eigenvalue weighted by molar-refractivity contribution is -0.148. The van der Waals surface area contributed by atoms with Crippen molar-refractivity contribution in [1.82, 2.24) is 4.72 Å². The lowest BCUT2D eigenvalue weighted by Crippen LogP contribution is -2.25. The minimum atomic E-state index is -3.43. The Morgan fingerprint density at radius 2 is 1.82 bits per heavy atom. The van der Waals surface area contributed by atoms with Gasteiger partial charge in [-0.1, -0.05) is 12.1 Å². The van der Waals surface area contributed by atoms with E-state index in [1.807, 2.05) is 0 Å². The molecule has 1 aromatic carbocycles. The first-order valence-corrected chi connectivity index (χ1v) is 8.67. The molecule has 0 heterocycles. The number of benzene rings is 1. The minimum absolute atomic E-state index is 0.0803. The molecule has 1 saturated carbocycles. The monoisotopic (exact) mass is 323 g/mol. The SMILES string of the molecule is CC(C)(C)OC(=O)/C=C/c1ccc(S(=O)(=O)NC2CC2)cc1. The van der Waals surface area contributed by atoms with E-state index in [2.05, 4.69) is 4.72 Å². The van der Waals surface area contributed by atoms with Crippen LogP contribution in [-0.4, -0.2) is 26.0 Å². The Labute approximate surface area is 131 Å². The van der Waals surface area contributed by atoms with Crippen LogP contribution in [0.5, 0.6) is 0 Å². The number of sulfonamides is 1. The van der Waals surface area contributed by atoms with Crippen LogP contribution < -0.4 is 4.72 Å². The van der Waals surface area contributed by atoms with Crippen molar-refractivity contribution in [3.05, 3.63) is 35.9 Å². The summed E-state index contributed by atoms with van der Waals surface area (Å²) >= 11 is 0. The fourth-order valence-electron chi connectivity index (χ4n) is 1.75. The Morgan fingerprint density at radius 1 is 1.23 bits per heavy atom. The van der Waals surface area contributed by atoms with Gasteiger partial charge in [-0.2, -0.15) is 0 Å². The summed E-state index contributed by atoms with van der Waals surface area (Å²) in [4.78, 5) is 11.8. The molecule has 0 unspecified atom stereocenters. The molecule has 1 aliphatic rings. The summed E-state index contributed by atoms with van der Waals surface area (Å²) in [5.41, 5.74) is 0.199. The van der Waals surface area contributed by atoms with Gasteiger partial charge < -0.3 is 4.74 Å². The average Bonchev–Trinajstić information content (AvgIpc) is 3.18. The number of hydrogen-bond acceptors (Lipinski definition) is 4. The van der Waals surface area contributed by atoms with Gasteiger partial charge in [-0.15, -0.1) is 0 Å². The molecule has 0 spiro atoms. The lowest BCUT2D eigenvalue weighted by Gasteiger charge is -2.17. The van der Waals surface area contributed by atoms with Crippen molar-refractivity contribution in [1.29, 1.82) is 0 Å². The van der Waals surface area contributed by atoms with E-state index < -0.39 is 21.6 Å². The van der Waals surface area contributed by atoms with Gasteiger partial charge >= 0.3 is 5.97 Å². The number of hydrogen-bond donors (Lipinski definition) is 1. The van der Waals surface area contributed by atoms with Crippen LogP contribution in [-0.2, 0) is 19.6 Å². The maximum atomic E-state index is 12.0. The molecule has 0 aliphatic heterocycles. The molecule has 1 aliphatic carbocycles. The molecular formula is C16H21NO4S. The first kappa shape index (κ1) is 16.7. The van der Waals surface area contributed by atoms with Gasteiger partial charge in [-0.05, 0) is 57.4 Å². The zero-order chi connectivity index (χ0) is 16.4. The molecular weight excluding hydrogens is 302 g/mol. The third kappa shape index (κ3) is 5.27. The van der Waals surface area contributed by atoms with Crippen LogP contribution >= 0.6 is 0 Å². The highest BCUT2D eigenvalue weighted by Gasteiger charge is 2.27. The molecule has 6 heteroatoms. The summed E-state index contributed by atoms with van der Waals surface area (Å²) in [6, 6.07) is 6.45. The fourth-order valence-corrected chi connectivity index (χ4v) is 3.05. The van der Waals surface area contributed by atoms with Gasteiger partial charge in [-0.25, -0.2) is 17.9 Å². The second-order valence-electron chi connectivity index (χ2n) is 6.33. The molecule has 120 valence electrons.